The Morgan fingerprint density at radius 1 is 1.19 bits per heavy atom. The van der Waals surface area contributed by atoms with Crippen molar-refractivity contribution in [3.8, 4) is 0 Å². The predicted octanol–water partition coefficient (Wildman–Crippen LogP) is 8.84. The summed E-state index contributed by atoms with van der Waals surface area (Å²) in [7, 11) is 0. The van der Waals surface area contributed by atoms with Gasteiger partial charge >= 0.3 is 0 Å². The molecule has 0 fully saturated rings. The van der Waals surface area contributed by atoms with E-state index in [0.717, 1.165) is 31.5 Å². The molecule has 178 valence electrons. The molecular formula is C30H48N2. The van der Waals surface area contributed by atoms with Crippen LogP contribution in [0, 0.1) is 5.92 Å². The number of hydrogen-bond donors (Lipinski definition) is 1. The lowest BCUT2D eigenvalue weighted by Crippen LogP contribution is -2.05. The zero-order valence-corrected chi connectivity index (χ0v) is 21.0. The maximum Gasteiger partial charge on any atom is 0.0640 e. The summed E-state index contributed by atoms with van der Waals surface area (Å²) in [6, 6.07) is 0. The Bertz CT molecular complexity index is 730. The Kier molecular flexibility index (Phi) is 19.9. The van der Waals surface area contributed by atoms with Gasteiger partial charge in [-0.3, -0.25) is 4.99 Å². The molecule has 0 radical (unpaired) electrons. The maximum absolute atomic E-state index is 5.13. The third-order valence-electron chi connectivity index (χ3n) is 4.92. The van der Waals surface area contributed by atoms with Crippen LogP contribution in [-0.4, -0.2) is 12.3 Å². The summed E-state index contributed by atoms with van der Waals surface area (Å²) in [4.78, 5) is 4.85. The molecule has 32 heavy (non-hydrogen) atoms. The van der Waals surface area contributed by atoms with Gasteiger partial charge in [-0.25, -0.2) is 0 Å². The highest BCUT2D eigenvalue weighted by atomic mass is 14.7. The molecule has 1 aliphatic rings. The average molecular weight is 437 g/mol. The van der Waals surface area contributed by atoms with Gasteiger partial charge in [0.1, 0.15) is 0 Å². The Morgan fingerprint density at radius 2 is 2.00 bits per heavy atom. The van der Waals surface area contributed by atoms with E-state index in [9.17, 15) is 0 Å². The van der Waals surface area contributed by atoms with Gasteiger partial charge in [0, 0.05) is 7.97 Å². The number of allylic oxidation sites excluding steroid dienone is 14. The molecule has 0 bridgehead atoms. The van der Waals surface area contributed by atoms with Crippen LogP contribution in [0.3, 0.4) is 0 Å². The van der Waals surface area contributed by atoms with E-state index in [-0.39, 0.29) is 1.43 Å². The minimum Gasteiger partial charge on any atom is -0.405 e. The Hall–Kier alpha value is -2.61. The molecule has 0 aromatic carbocycles. The van der Waals surface area contributed by atoms with Gasteiger partial charge in [0.2, 0.25) is 0 Å². The monoisotopic (exact) mass is 436 g/mol. The number of unbranched alkanes of at least 4 members (excludes halogenated alkanes) is 3. The first-order chi connectivity index (χ1) is 15.6. The molecule has 0 aromatic heterocycles. The summed E-state index contributed by atoms with van der Waals surface area (Å²) in [5, 5.41) is 0. The van der Waals surface area contributed by atoms with E-state index in [1.165, 1.54) is 43.0 Å². The maximum atomic E-state index is 5.13. The number of aliphatic imine (C=N–C) groups is 1. The van der Waals surface area contributed by atoms with Crippen molar-refractivity contribution in [1.82, 2.24) is 0 Å². The summed E-state index contributed by atoms with van der Waals surface area (Å²) in [5.74, 6) is 0.624. The highest BCUT2D eigenvalue weighted by Gasteiger charge is 2.07. The fraction of sp³-hybridized carbons (Fsp3) is 0.433. The third-order valence-corrected chi connectivity index (χ3v) is 4.92. The fourth-order valence-corrected chi connectivity index (χ4v) is 3.03. The minimum absolute atomic E-state index is 0. The van der Waals surface area contributed by atoms with E-state index in [1.807, 2.05) is 19.1 Å². The molecule has 2 nitrogen and oxygen atoms in total. The molecule has 0 aliphatic heterocycles. The van der Waals surface area contributed by atoms with Crippen molar-refractivity contribution in [3.63, 3.8) is 0 Å². The zero-order valence-electron chi connectivity index (χ0n) is 21.0. The number of hydrogen-bond acceptors (Lipinski definition) is 2. The molecule has 0 aromatic rings. The highest BCUT2D eigenvalue weighted by Crippen LogP contribution is 2.18. The van der Waals surface area contributed by atoms with E-state index in [1.54, 1.807) is 6.08 Å². The third kappa shape index (κ3) is 16.1. The molecule has 0 heterocycles. The van der Waals surface area contributed by atoms with Crippen LogP contribution in [0.2, 0.25) is 0 Å². The van der Waals surface area contributed by atoms with E-state index in [2.05, 4.69) is 82.0 Å². The van der Waals surface area contributed by atoms with Crippen LogP contribution >= 0.6 is 0 Å². The van der Waals surface area contributed by atoms with Gasteiger partial charge in [-0.2, -0.15) is 0 Å². The molecule has 1 unspecified atom stereocenters. The number of rotatable bonds is 13. The Balaban J connectivity index is 0. The van der Waals surface area contributed by atoms with E-state index in [0.29, 0.717) is 5.92 Å². The van der Waals surface area contributed by atoms with Gasteiger partial charge in [-0.05, 0) is 80.9 Å². The van der Waals surface area contributed by atoms with Crippen molar-refractivity contribution in [2.45, 2.75) is 72.6 Å². The average Bonchev–Trinajstić information content (AvgIpc) is 2.81. The molecule has 2 N–H and O–H groups in total. The second-order valence-corrected chi connectivity index (χ2v) is 7.80. The van der Waals surface area contributed by atoms with Gasteiger partial charge in [0.05, 0.1) is 5.71 Å². The van der Waals surface area contributed by atoms with Crippen molar-refractivity contribution in [2.75, 3.05) is 6.54 Å². The summed E-state index contributed by atoms with van der Waals surface area (Å²) >= 11 is 0. The van der Waals surface area contributed by atoms with E-state index in [4.69, 9.17) is 10.7 Å². The first kappa shape index (κ1) is 29.4. The lowest BCUT2D eigenvalue weighted by atomic mass is 9.95. The van der Waals surface area contributed by atoms with Gasteiger partial charge in [0.25, 0.3) is 0 Å². The second-order valence-electron chi connectivity index (χ2n) is 7.80. The topological polar surface area (TPSA) is 38.4 Å². The number of nitrogens with zero attached hydrogens (tertiary/aromatic N) is 1. The molecule has 1 atom stereocenters. The van der Waals surface area contributed by atoms with Crippen LogP contribution in [0.15, 0.2) is 102 Å². The predicted molar refractivity (Wildman–Crippen MR) is 149 cm³/mol. The van der Waals surface area contributed by atoms with E-state index < -0.39 is 0 Å². The van der Waals surface area contributed by atoms with Crippen LogP contribution in [0.25, 0.3) is 0 Å². The minimum atomic E-state index is 0. The van der Waals surface area contributed by atoms with Gasteiger partial charge < -0.3 is 5.73 Å². The zero-order chi connectivity index (χ0) is 23.9. The molecule has 1 aliphatic carbocycles. The van der Waals surface area contributed by atoms with Gasteiger partial charge in [-0.15, -0.1) is 0 Å². The molecule has 0 spiro atoms. The largest absolute Gasteiger partial charge is 0.405 e. The summed E-state index contributed by atoms with van der Waals surface area (Å²) in [6.07, 6.45) is 34.9. The summed E-state index contributed by atoms with van der Waals surface area (Å²) in [5.41, 5.74) is 8.78. The van der Waals surface area contributed by atoms with Crippen LogP contribution in [0.4, 0.5) is 0 Å². The molecule has 0 saturated carbocycles. The first-order valence-corrected chi connectivity index (χ1v) is 12.2. The molecule has 0 saturated heterocycles. The fourth-order valence-electron chi connectivity index (χ4n) is 3.03. The normalized spacial score (nSPS) is 17.4. The Morgan fingerprint density at radius 3 is 2.62 bits per heavy atom. The smallest absolute Gasteiger partial charge is 0.0640 e. The SMILES string of the molecule is C/C=C\C=C/CCCCCN=C(/C=C\CC)C1=CC(C)CC=C1.C=C/C(=C\C=C/N)CC.[HH]. The van der Waals surface area contributed by atoms with Crippen LogP contribution < -0.4 is 5.73 Å². The van der Waals surface area contributed by atoms with Crippen LogP contribution in [-0.2, 0) is 0 Å². The van der Waals surface area contributed by atoms with Crippen molar-refractivity contribution in [3.05, 3.63) is 96.8 Å². The van der Waals surface area contributed by atoms with Gasteiger partial charge in [0.15, 0.2) is 0 Å². The van der Waals surface area contributed by atoms with Crippen molar-refractivity contribution in [1.29, 1.82) is 0 Å². The van der Waals surface area contributed by atoms with Crippen molar-refractivity contribution >= 4 is 5.71 Å². The lowest BCUT2D eigenvalue weighted by Gasteiger charge is -2.12. The quantitative estimate of drug-likeness (QED) is 0.175. The number of nitrogens with two attached hydrogens (primary N) is 1. The summed E-state index contributed by atoms with van der Waals surface area (Å²) in [6.45, 7) is 13.1. The van der Waals surface area contributed by atoms with Crippen molar-refractivity contribution in [2.24, 2.45) is 16.6 Å². The van der Waals surface area contributed by atoms with Gasteiger partial charge in [-0.1, -0.05) is 94.5 Å². The lowest BCUT2D eigenvalue weighted by molar-refractivity contribution is 0.696. The van der Waals surface area contributed by atoms with Crippen LogP contribution in [0.5, 0.6) is 0 Å². The molecule has 0 amide bonds. The van der Waals surface area contributed by atoms with Crippen LogP contribution in [0.1, 0.15) is 74.1 Å². The second kappa shape index (κ2) is 21.6. The highest BCUT2D eigenvalue weighted by molar-refractivity contribution is 6.10. The molecule has 1 rings (SSSR count). The van der Waals surface area contributed by atoms with E-state index >= 15 is 0 Å². The summed E-state index contributed by atoms with van der Waals surface area (Å²) < 4.78 is 0. The molecule has 2 heteroatoms. The standard InChI is InChI=1S/C22H33N.C8H13N.H2/c1-4-6-8-9-10-11-12-13-18-23-22(17-7-5-2)21-16-14-15-20(3)19-21;1-3-8(4-2)6-5-7-9;/h4,6-9,14,16-17,19-20H,5,10-13,15,18H2,1-3H3;3,5-7H,1,4,9H2,2H3;1H/b6-4-,9-8-,17-7-,23-22?;7-5-,8-6+;. The first-order valence-electron chi connectivity index (χ1n) is 12.2. The molecular weight excluding hydrogens is 388 g/mol. The van der Waals surface area contributed by atoms with Crippen molar-refractivity contribution < 1.29 is 1.43 Å². The Labute approximate surface area is 200 Å².